The molecule has 4 aromatic rings. The van der Waals surface area contributed by atoms with E-state index in [-0.39, 0.29) is 17.7 Å². The highest BCUT2D eigenvalue weighted by atomic mass is 32.1. The van der Waals surface area contributed by atoms with Gasteiger partial charge in [-0.25, -0.2) is 4.98 Å². The molecular formula is C24H20N4O4S. The maximum atomic E-state index is 12.6. The summed E-state index contributed by atoms with van der Waals surface area (Å²) in [5.41, 5.74) is 2.16. The molecule has 0 radical (unpaired) electrons. The summed E-state index contributed by atoms with van der Waals surface area (Å²) in [5, 5.41) is 10.4. The van der Waals surface area contributed by atoms with E-state index in [1.54, 1.807) is 66.0 Å². The zero-order chi connectivity index (χ0) is 23.2. The Morgan fingerprint density at radius 2 is 1.58 bits per heavy atom. The van der Waals surface area contributed by atoms with E-state index < -0.39 is 0 Å². The zero-order valence-corrected chi connectivity index (χ0v) is 18.4. The minimum atomic E-state index is -0.317. The van der Waals surface area contributed by atoms with Crippen molar-refractivity contribution in [2.75, 3.05) is 10.6 Å². The molecule has 0 fully saturated rings. The molecule has 2 heterocycles. The molecule has 2 aromatic carbocycles. The molecule has 0 unspecified atom stereocenters. The number of amides is 3. The standard InChI is InChI=1S/C24H20N4O4S/c1-15(29)25-13-19-11-12-21(32-19)20-14-33-24(27-20)28-23(31)17-7-9-18(10-8-17)26-22(30)16-5-3-2-4-6-16/h2-12,14H,13H2,1H3,(H,25,29)(H,26,30)(H,27,28,31). The Hall–Kier alpha value is -4.24. The normalized spacial score (nSPS) is 10.5. The molecule has 9 heteroatoms. The van der Waals surface area contributed by atoms with E-state index in [1.807, 2.05) is 6.07 Å². The van der Waals surface area contributed by atoms with Gasteiger partial charge in [0.15, 0.2) is 10.9 Å². The SMILES string of the molecule is CC(=O)NCc1ccc(-c2csc(NC(=O)c3ccc(NC(=O)c4ccccc4)cc3)n2)o1. The highest BCUT2D eigenvalue weighted by molar-refractivity contribution is 7.14. The Bertz CT molecular complexity index is 1280. The minimum Gasteiger partial charge on any atom is -0.458 e. The van der Waals surface area contributed by atoms with Crippen molar-refractivity contribution in [3.63, 3.8) is 0 Å². The number of nitrogens with one attached hydrogen (secondary N) is 3. The van der Waals surface area contributed by atoms with E-state index in [0.717, 1.165) is 0 Å². The van der Waals surface area contributed by atoms with E-state index in [2.05, 4.69) is 20.9 Å². The van der Waals surface area contributed by atoms with Crippen LogP contribution in [0.25, 0.3) is 11.5 Å². The third kappa shape index (κ3) is 5.72. The van der Waals surface area contributed by atoms with Crippen LogP contribution in [0.15, 0.2) is 76.5 Å². The lowest BCUT2D eigenvalue weighted by Crippen LogP contribution is -2.18. The van der Waals surface area contributed by atoms with Gasteiger partial charge < -0.3 is 15.1 Å². The zero-order valence-electron chi connectivity index (χ0n) is 17.6. The van der Waals surface area contributed by atoms with Gasteiger partial charge in [-0.1, -0.05) is 18.2 Å². The minimum absolute atomic E-state index is 0.141. The van der Waals surface area contributed by atoms with Crippen molar-refractivity contribution in [3.05, 3.63) is 89.0 Å². The number of rotatable bonds is 7. The van der Waals surface area contributed by atoms with Crippen LogP contribution in [0, 0.1) is 0 Å². The Morgan fingerprint density at radius 1 is 0.879 bits per heavy atom. The van der Waals surface area contributed by atoms with Crippen LogP contribution in [-0.2, 0) is 11.3 Å². The summed E-state index contributed by atoms with van der Waals surface area (Å²) < 4.78 is 5.68. The fourth-order valence-electron chi connectivity index (χ4n) is 2.93. The summed E-state index contributed by atoms with van der Waals surface area (Å²) in [6, 6.07) is 19.0. The monoisotopic (exact) mass is 460 g/mol. The number of thiazole rings is 1. The largest absolute Gasteiger partial charge is 0.458 e. The highest BCUT2D eigenvalue weighted by Crippen LogP contribution is 2.27. The third-order valence-electron chi connectivity index (χ3n) is 4.59. The van der Waals surface area contributed by atoms with Crippen molar-refractivity contribution in [2.24, 2.45) is 0 Å². The lowest BCUT2D eigenvalue weighted by molar-refractivity contribution is -0.119. The average molecular weight is 461 g/mol. The van der Waals surface area contributed by atoms with Crippen LogP contribution >= 0.6 is 11.3 Å². The van der Waals surface area contributed by atoms with Gasteiger partial charge in [-0.3, -0.25) is 19.7 Å². The van der Waals surface area contributed by atoms with Gasteiger partial charge in [-0.05, 0) is 48.5 Å². The summed E-state index contributed by atoms with van der Waals surface area (Å²) in [6.45, 7) is 1.73. The molecule has 4 rings (SSSR count). The van der Waals surface area contributed by atoms with Gasteiger partial charge >= 0.3 is 0 Å². The number of hydrogen-bond acceptors (Lipinski definition) is 6. The van der Waals surface area contributed by atoms with Crippen molar-refractivity contribution in [3.8, 4) is 11.5 Å². The molecule has 0 aliphatic rings. The molecule has 0 saturated heterocycles. The summed E-state index contributed by atoms with van der Waals surface area (Å²) in [7, 11) is 0. The lowest BCUT2D eigenvalue weighted by Gasteiger charge is -2.06. The first-order valence-corrected chi connectivity index (χ1v) is 10.9. The highest BCUT2D eigenvalue weighted by Gasteiger charge is 2.13. The number of benzene rings is 2. The summed E-state index contributed by atoms with van der Waals surface area (Å²) >= 11 is 1.27. The van der Waals surface area contributed by atoms with Crippen LogP contribution in [0.1, 0.15) is 33.4 Å². The molecule has 0 spiro atoms. The first kappa shape index (κ1) is 22.0. The van der Waals surface area contributed by atoms with E-state index in [1.165, 1.54) is 18.3 Å². The maximum Gasteiger partial charge on any atom is 0.257 e. The van der Waals surface area contributed by atoms with Crippen LogP contribution in [-0.4, -0.2) is 22.7 Å². The van der Waals surface area contributed by atoms with E-state index in [9.17, 15) is 14.4 Å². The maximum absolute atomic E-state index is 12.6. The molecular weight excluding hydrogens is 440 g/mol. The molecule has 166 valence electrons. The Kier molecular flexibility index (Phi) is 6.61. The van der Waals surface area contributed by atoms with Gasteiger partial charge in [0.05, 0.1) is 6.54 Å². The topological polar surface area (TPSA) is 113 Å². The third-order valence-corrected chi connectivity index (χ3v) is 5.35. The molecule has 0 aliphatic carbocycles. The molecule has 2 aromatic heterocycles. The molecule has 0 aliphatic heterocycles. The average Bonchev–Trinajstić information content (AvgIpc) is 3.48. The first-order chi connectivity index (χ1) is 16.0. The molecule has 0 atom stereocenters. The van der Waals surface area contributed by atoms with Crippen LogP contribution in [0.3, 0.4) is 0 Å². The number of carbonyl (C=O) groups excluding carboxylic acids is 3. The van der Waals surface area contributed by atoms with Crippen LogP contribution in [0.4, 0.5) is 10.8 Å². The molecule has 0 saturated carbocycles. The molecule has 3 N–H and O–H groups in total. The summed E-state index contributed by atoms with van der Waals surface area (Å²) in [4.78, 5) is 40.2. The van der Waals surface area contributed by atoms with Gasteiger partial charge in [-0.15, -0.1) is 11.3 Å². The second kappa shape index (κ2) is 9.92. The van der Waals surface area contributed by atoms with Crippen molar-refractivity contribution >= 4 is 39.9 Å². The fourth-order valence-corrected chi connectivity index (χ4v) is 3.63. The smallest absolute Gasteiger partial charge is 0.257 e. The summed E-state index contributed by atoms with van der Waals surface area (Å²) in [5.74, 6) is 0.478. The van der Waals surface area contributed by atoms with Gasteiger partial charge in [0, 0.05) is 29.1 Å². The fraction of sp³-hybridized carbons (Fsp3) is 0.0833. The number of nitrogens with zero attached hydrogens (tertiary/aromatic N) is 1. The van der Waals surface area contributed by atoms with Crippen LogP contribution in [0.5, 0.6) is 0 Å². The first-order valence-electron chi connectivity index (χ1n) is 10.0. The number of hydrogen-bond donors (Lipinski definition) is 3. The van der Waals surface area contributed by atoms with Gasteiger partial charge in [0.1, 0.15) is 11.5 Å². The predicted molar refractivity (Wildman–Crippen MR) is 126 cm³/mol. The number of aromatic nitrogens is 1. The van der Waals surface area contributed by atoms with E-state index >= 15 is 0 Å². The predicted octanol–water partition coefficient (Wildman–Crippen LogP) is 4.54. The van der Waals surface area contributed by atoms with Crippen molar-refractivity contribution in [1.82, 2.24) is 10.3 Å². The lowest BCUT2D eigenvalue weighted by atomic mass is 10.1. The van der Waals surface area contributed by atoms with Gasteiger partial charge in [-0.2, -0.15) is 0 Å². The molecule has 8 nitrogen and oxygen atoms in total. The Morgan fingerprint density at radius 3 is 2.30 bits per heavy atom. The van der Waals surface area contributed by atoms with Crippen molar-refractivity contribution in [1.29, 1.82) is 0 Å². The van der Waals surface area contributed by atoms with Crippen molar-refractivity contribution in [2.45, 2.75) is 13.5 Å². The van der Waals surface area contributed by atoms with E-state index in [0.29, 0.717) is 45.7 Å². The molecule has 0 bridgehead atoms. The van der Waals surface area contributed by atoms with Gasteiger partial charge in [0.2, 0.25) is 5.91 Å². The molecule has 3 amide bonds. The number of furan rings is 1. The Balaban J connectivity index is 1.35. The van der Waals surface area contributed by atoms with Crippen molar-refractivity contribution < 1.29 is 18.8 Å². The second-order valence-corrected chi connectivity index (χ2v) is 7.92. The van der Waals surface area contributed by atoms with Crippen LogP contribution in [0.2, 0.25) is 0 Å². The van der Waals surface area contributed by atoms with Crippen LogP contribution < -0.4 is 16.0 Å². The summed E-state index contributed by atoms with van der Waals surface area (Å²) in [6.07, 6.45) is 0. The Labute approximate surface area is 193 Å². The second-order valence-electron chi connectivity index (χ2n) is 7.07. The number of anilines is 2. The number of carbonyl (C=O) groups is 3. The quantitative estimate of drug-likeness (QED) is 0.375. The van der Waals surface area contributed by atoms with E-state index in [4.69, 9.17) is 4.42 Å². The molecule has 33 heavy (non-hydrogen) atoms. The van der Waals surface area contributed by atoms with Gasteiger partial charge in [0.25, 0.3) is 11.8 Å².